The predicted octanol–water partition coefficient (Wildman–Crippen LogP) is 2.86. The second kappa shape index (κ2) is 15.2. The van der Waals surface area contributed by atoms with Crippen LogP contribution in [0.1, 0.15) is 16.7 Å². The normalized spacial score (nSPS) is 12.1. The third kappa shape index (κ3) is 9.48. The second-order valence-electron chi connectivity index (χ2n) is 9.38. The van der Waals surface area contributed by atoms with E-state index in [9.17, 15) is 18.0 Å². The molecule has 0 aliphatic carbocycles. The summed E-state index contributed by atoms with van der Waals surface area (Å²) >= 11 is 0. The Kier molecular flexibility index (Phi) is 11.7. The van der Waals surface area contributed by atoms with E-state index in [0.717, 1.165) is 27.3 Å². The molecule has 0 spiro atoms. The van der Waals surface area contributed by atoms with Crippen LogP contribution in [0, 0.1) is 0 Å². The fourth-order valence-corrected chi connectivity index (χ4v) is 4.92. The maximum atomic E-state index is 14.0. The number of amides is 2. The quantitative estimate of drug-likeness (QED) is 0.283. The Morgan fingerprint density at radius 3 is 1.95 bits per heavy atom. The van der Waals surface area contributed by atoms with Gasteiger partial charge in [0.05, 0.1) is 26.5 Å². The standard InChI is InChI=1S/C30H37N3O6S/c1-38-19-18-31-30(35)28(20-24-10-6-4-7-11-24)33(22-26-14-16-27(39-2)17-15-26)29(34)23-32(40(3,36)37)21-25-12-8-5-9-13-25/h4-17,28H,18-23H2,1-3H3,(H,31,35)/t28-/m0/s1. The molecule has 0 aromatic heterocycles. The van der Waals surface area contributed by atoms with Crippen molar-refractivity contribution in [2.24, 2.45) is 0 Å². The fourth-order valence-electron chi connectivity index (χ4n) is 4.19. The van der Waals surface area contributed by atoms with Gasteiger partial charge in [-0.1, -0.05) is 72.8 Å². The average Bonchev–Trinajstić information content (AvgIpc) is 2.95. The summed E-state index contributed by atoms with van der Waals surface area (Å²) in [4.78, 5) is 29.0. The number of nitrogens with zero attached hydrogens (tertiary/aromatic N) is 2. The highest BCUT2D eigenvalue weighted by Crippen LogP contribution is 2.19. The lowest BCUT2D eigenvalue weighted by Gasteiger charge is -2.33. The molecule has 10 heteroatoms. The molecule has 0 bridgehead atoms. The molecule has 1 atom stereocenters. The Morgan fingerprint density at radius 1 is 0.825 bits per heavy atom. The van der Waals surface area contributed by atoms with E-state index >= 15 is 0 Å². The minimum Gasteiger partial charge on any atom is -0.497 e. The van der Waals surface area contributed by atoms with Crippen LogP contribution in [0.2, 0.25) is 0 Å². The molecule has 9 nitrogen and oxygen atoms in total. The van der Waals surface area contributed by atoms with Gasteiger partial charge in [-0.2, -0.15) is 4.31 Å². The molecule has 0 saturated carbocycles. The third-order valence-electron chi connectivity index (χ3n) is 6.37. The number of sulfonamides is 1. The highest BCUT2D eigenvalue weighted by atomic mass is 32.2. The lowest BCUT2D eigenvalue weighted by molar-refractivity contribution is -0.141. The first-order valence-electron chi connectivity index (χ1n) is 12.9. The topological polar surface area (TPSA) is 105 Å². The Labute approximate surface area is 236 Å². The van der Waals surface area contributed by atoms with Gasteiger partial charge in [-0.3, -0.25) is 9.59 Å². The monoisotopic (exact) mass is 567 g/mol. The first-order chi connectivity index (χ1) is 19.2. The summed E-state index contributed by atoms with van der Waals surface area (Å²) in [6, 6.07) is 24.8. The highest BCUT2D eigenvalue weighted by Gasteiger charge is 2.32. The minimum atomic E-state index is -3.74. The van der Waals surface area contributed by atoms with Crippen LogP contribution in [0.25, 0.3) is 0 Å². The van der Waals surface area contributed by atoms with Gasteiger partial charge in [0.25, 0.3) is 0 Å². The molecule has 0 heterocycles. The Balaban J connectivity index is 1.97. The summed E-state index contributed by atoms with van der Waals surface area (Å²) in [5.74, 6) is -0.178. The number of ether oxygens (including phenoxy) is 2. The molecule has 214 valence electrons. The lowest BCUT2D eigenvalue weighted by atomic mass is 10.0. The molecule has 3 aromatic carbocycles. The van der Waals surface area contributed by atoms with Crippen molar-refractivity contribution in [2.75, 3.05) is 40.2 Å². The van der Waals surface area contributed by atoms with Crippen molar-refractivity contribution in [3.8, 4) is 5.75 Å². The van der Waals surface area contributed by atoms with Crippen LogP contribution in [0.15, 0.2) is 84.9 Å². The zero-order valence-corrected chi connectivity index (χ0v) is 24.0. The van der Waals surface area contributed by atoms with Crippen molar-refractivity contribution in [3.63, 3.8) is 0 Å². The first kappa shape index (κ1) is 30.8. The van der Waals surface area contributed by atoms with Crippen molar-refractivity contribution < 1.29 is 27.5 Å². The van der Waals surface area contributed by atoms with Crippen LogP contribution in [-0.2, 0) is 43.9 Å². The average molecular weight is 568 g/mol. The second-order valence-corrected chi connectivity index (χ2v) is 11.4. The summed E-state index contributed by atoms with van der Waals surface area (Å²) in [6.07, 6.45) is 1.33. The SMILES string of the molecule is COCCNC(=O)[C@H](Cc1ccccc1)N(Cc1ccc(OC)cc1)C(=O)CN(Cc1ccccc1)S(C)(=O)=O. The summed E-state index contributed by atoms with van der Waals surface area (Å²) in [5, 5.41) is 2.86. The molecule has 0 radical (unpaired) electrons. The van der Waals surface area contributed by atoms with E-state index in [1.807, 2.05) is 60.7 Å². The van der Waals surface area contributed by atoms with Gasteiger partial charge in [-0.05, 0) is 28.8 Å². The van der Waals surface area contributed by atoms with Gasteiger partial charge in [-0.15, -0.1) is 0 Å². The highest BCUT2D eigenvalue weighted by molar-refractivity contribution is 7.88. The van der Waals surface area contributed by atoms with Crippen LogP contribution in [0.3, 0.4) is 0 Å². The van der Waals surface area contributed by atoms with Gasteiger partial charge < -0.3 is 19.7 Å². The molecule has 1 N–H and O–H groups in total. The van der Waals surface area contributed by atoms with E-state index in [4.69, 9.17) is 9.47 Å². The van der Waals surface area contributed by atoms with Gasteiger partial charge in [0.2, 0.25) is 21.8 Å². The van der Waals surface area contributed by atoms with Gasteiger partial charge in [-0.25, -0.2) is 8.42 Å². The Hall–Kier alpha value is -3.73. The molecule has 0 unspecified atom stereocenters. The van der Waals surface area contributed by atoms with E-state index in [2.05, 4.69) is 5.32 Å². The van der Waals surface area contributed by atoms with E-state index < -0.39 is 28.5 Å². The van der Waals surface area contributed by atoms with Gasteiger partial charge >= 0.3 is 0 Å². The van der Waals surface area contributed by atoms with E-state index in [-0.39, 0.29) is 32.0 Å². The molecule has 3 rings (SSSR count). The zero-order valence-electron chi connectivity index (χ0n) is 23.2. The largest absolute Gasteiger partial charge is 0.497 e. The van der Waals surface area contributed by atoms with Crippen LogP contribution in [0.5, 0.6) is 5.75 Å². The third-order valence-corrected chi connectivity index (χ3v) is 7.57. The fraction of sp³-hybridized carbons (Fsp3) is 0.333. The Bertz CT molecular complexity index is 1320. The predicted molar refractivity (Wildman–Crippen MR) is 154 cm³/mol. The smallest absolute Gasteiger partial charge is 0.243 e. The van der Waals surface area contributed by atoms with Crippen molar-refractivity contribution in [1.82, 2.24) is 14.5 Å². The minimum absolute atomic E-state index is 0.0329. The summed E-state index contributed by atoms with van der Waals surface area (Å²) < 4.78 is 37.0. The number of hydrogen-bond donors (Lipinski definition) is 1. The molecule has 0 saturated heterocycles. The van der Waals surface area contributed by atoms with Gasteiger partial charge in [0.1, 0.15) is 11.8 Å². The van der Waals surface area contributed by atoms with Crippen LogP contribution in [-0.4, -0.2) is 75.7 Å². The maximum Gasteiger partial charge on any atom is 0.243 e. The molecule has 0 aliphatic rings. The first-order valence-corrected chi connectivity index (χ1v) is 14.8. The van der Waals surface area contributed by atoms with Crippen molar-refractivity contribution in [1.29, 1.82) is 0 Å². The van der Waals surface area contributed by atoms with E-state index in [1.165, 1.54) is 4.90 Å². The molecular weight excluding hydrogens is 530 g/mol. The number of nitrogens with one attached hydrogen (secondary N) is 1. The van der Waals surface area contributed by atoms with Crippen molar-refractivity contribution in [2.45, 2.75) is 25.6 Å². The van der Waals surface area contributed by atoms with E-state index in [0.29, 0.717) is 12.4 Å². The maximum absolute atomic E-state index is 14.0. The zero-order chi connectivity index (χ0) is 29.0. The summed E-state index contributed by atoms with van der Waals surface area (Å²) in [5.41, 5.74) is 2.39. The molecule has 40 heavy (non-hydrogen) atoms. The van der Waals surface area contributed by atoms with Crippen molar-refractivity contribution in [3.05, 3.63) is 102 Å². The number of hydrogen-bond acceptors (Lipinski definition) is 6. The lowest BCUT2D eigenvalue weighted by Crippen LogP contribution is -2.53. The molecule has 2 amide bonds. The molecule has 0 fully saturated rings. The summed E-state index contributed by atoms with van der Waals surface area (Å²) in [7, 11) is -0.635. The number of rotatable bonds is 15. The number of benzene rings is 3. The van der Waals surface area contributed by atoms with Gasteiger partial charge in [0, 0.05) is 33.2 Å². The van der Waals surface area contributed by atoms with Crippen molar-refractivity contribution >= 4 is 21.8 Å². The van der Waals surface area contributed by atoms with Crippen LogP contribution < -0.4 is 10.1 Å². The van der Waals surface area contributed by atoms with Crippen LogP contribution in [0.4, 0.5) is 0 Å². The van der Waals surface area contributed by atoms with Crippen LogP contribution >= 0.6 is 0 Å². The number of carbonyl (C=O) groups is 2. The molecular formula is C30H37N3O6S. The Morgan fingerprint density at radius 2 is 1.40 bits per heavy atom. The van der Waals surface area contributed by atoms with E-state index in [1.54, 1.807) is 38.5 Å². The molecule has 0 aliphatic heterocycles. The molecule has 3 aromatic rings. The number of carbonyl (C=O) groups excluding carboxylic acids is 2. The number of methoxy groups -OCH3 is 2. The summed E-state index contributed by atoms with van der Waals surface area (Å²) in [6.45, 7) is 0.302. The van der Waals surface area contributed by atoms with Gasteiger partial charge in [0.15, 0.2) is 0 Å².